The molecule has 10 nitrogen and oxygen atoms in total. The van der Waals surface area contributed by atoms with E-state index in [9.17, 15) is 4.79 Å². The number of ketones is 1. The SMILES string of the molecule is CC(=O)CCc1noc(C)c1-c1ccc2nc[nH]c2c1.Cc1onc(CN)c1-c1ccc2nc[nH]c2c1. The number of carbonyl (C=O) groups is 1. The molecule has 0 amide bonds. The molecule has 10 heteroatoms. The van der Waals surface area contributed by atoms with Gasteiger partial charge in [0.25, 0.3) is 0 Å². The highest BCUT2D eigenvalue weighted by Gasteiger charge is 2.16. The van der Waals surface area contributed by atoms with Gasteiger partial charge in [0, 0.05) is 30.5 Å². The second-order valence-electron chi connectivity index (χ2n) is 8.80. The predicted octanol–water partition coefficient (Wildman–Crippen LogP) is 5.03. The molecule has 0 fully saturated rings. The monoisotopic (exact) mass is 497 g/mol. The van der Waals surface area contributed by atoms with Crippen LogP contribution in [0.5, 0.6) is 0 Å². The number of H-pyrrole nitrogens is 2. The van der Waals surface area contributed by atoms with Crippen LogP contribution in [0.15, 0.2) is 58.1 Å². The molecule has 0 aliphatic carbocycles. The Balaban J connectivity index is 0.000000153. The first-order valence-corrected chi connectivity index (χ1v) is 11.9. The van der Waals surface area contributed by atoms with Gasteiger partial charge in [-0.25, -0.2) is 9.97 Å². The van der Waals surface area contributed by atoms with Crippen molar-refractivity contribution in [1.82, 2.24) is 30.2 Å². The molecule has 0 atom stereocenters. The van der Waals surface area contributed by atoms with E-state index in [1.165, 1.54) is 0 Å². The second kappa shape index (κ2) is 10.2. The van der Waals surface area contributed by atoms with Gasteiger partial charge in [-0.3, -0.25) is 0 Å². The van der Waals surface area contributed by atoms with E-state index < -0.39 is 0 Å². The second-order valence-corrected chi connectivity index (χ2v) is 8.80. The number of carbonyl (C=O) groups excluding carboxylic acids is 1. The van der Waals surface area contributed by atoms with Crippen LogP contribution in [-0.2, 0) is 17.8 Å². The van der Waals surface area contributed by atoms with Crippen molar-refractivity contribution >= 4 is 27.9 Å². The summed E-state index contributed by atoms with van der Waals surface area (Å²) in [6.07, 6.45) is 4.43. The summed E-state index contributed by atoms with van der Waals surface area (Å²) in [6.45, 7) is 5.73. The number of nitrogens with one attached hydrogen (secondary N) is 2. The highest BCUT2D eigenvalue weighted by Crippen LogP contribution is 2.30. The van der Waals surface area contributed by atoms with Crippen LogP contribution in [0.3, 0.4) is 0 Å². The molecule has 0 saturated heterocycles. The van der Waals surface area contributed by atoms with Gasteiger partial charge in [0.2, 0.25) is 0 Å². The average molecular weight is 498 g/mol. The topological polar surface area (TPSA) is 153 Å². The Morgan fingerprint density at radius 3 is 1.86 bits per heavy atom. The molecule has 6 rings (SSSR count). The van der Waals surface area contributed by atoms with Crippen molar-refractivity contribution in [2.45, 2.75) is 40.2 Å². The minimum absolute atomic E-state index is 0.153. The van der Waals surface area contributed by atoms with Crippen LogP contribution in [0.4, 0.5) is 0 Å². The maximum Gasteiger partial charge on any atom is 0.141 e. The Bertz CT molecular complexity index is 1690. The summed E-state index contributed by atoms with van der Waals surface area (Å²) in [5.41, 5.74) is 15.1. The molecule has 0 aliphatic heterocycles. The maximum absolute atomic E-state index is 11.1. The van der Waals surface area contributed by atoms with Gasteiger partial charge < -0.3 is 29.5 Å². The number of hydrogen-bond donors (Lipinski definition) is 3. The zero-order valence-electron chi connectivity index (χ0n) is 20.8. The van der Waals surface area contributed by atoms with Crippen molar-refractivity contribution in [2.75, 3.05) is 0 Å². The summed E-state index contributed by atoms with van der Waals surface area (Å²) >= 11 is 0. The molecule has 0 bridgehead atoms. The molecule has 0 saturated carbocycles. The summed E-state index contributed by atoms with van der Waals surface area (Å²) < 4.78 is 10.5. The molecule has 0 unspecified atom stereocenters. The third-order valence-corrected chi connectivity index (χ3v) is 6.19. The van der Waals surface area contributed by atoms with E-state index in [1.807, 2.05) is 50.2 Å². The fourth-order valence-corrected chi connectivity index (χ4v) is 4.36. The smallest absolute Gasteiger partial charge is 0.141 e. The van der Waals surface area contributed by atoms with Crippen molar-refractivity contribution in [3.8, 4) is 22.3 Å². The number of rotatable bonds is 6. The number of aromatic nitrogens is 6. The number of nitrogens with two attached hydrogens (primary N) is 1. The van der Waals surface area contributed by atoms with Gasteiger partial charge in [-0.1, -0.05) is 22.4 Å². The van der Waals surface area contributed by atoms with Crippen LogP contribution in [0, 0.1) is 13.8 Å². The Labute approximate surface area is 212 Å². The summed E-state index contributed by atoms with van der Waals surface area (Å²) in [7, 11) is 0. The van der Waals surface area contributed by atoms with E-state index in [0.29, 0.717) is 19.4 Å². The molecule has 4 aromatic heterocycles. The van der Waals surface area contributed by atoms with Crippen LogP contribution in [-0.4, -0.2) is 36.0 Å². The number of fused-ring (bicyclic) bond motifs is 2. The van der Waals surface area contributed by atoms with Crippen LogP contribution < -0.4 is 5.73 Å². The van der Waals surface area contributed by atoms with E-state index in [-0.39, 0.29) is 5.78 Å². The lowest BCUT2D eigenvalue weighted by Crippen LogP contribution is -1.98. The summed E-state index contributed by atoms with van der Waals surface area (Å²) in [6, 6.07) is 12.0. The number of aryl methyl sites for hydroxylation is 3. The zero-order valence-corrected chi connectivity index (χ0v) is 20.8. The van der Waals surface area contributed by atoms with Gasteiger partial charge in [-0.15, -0.1) is 0 Å². The average Bonchev–Trinajstić information content (AvgIpc) is 3.68. The highest BCUT2D eigenvalue weighted by atomic mass is 16.5. The predicted molar refractivity (Wildman–Crippen MR) is 140 cm³/mol. The zero-order chi connectivity index (χ0) is 25.9. The number of Topliss-reactive ketones (excluding diaryl/α,β-unsaturated/α-hetero) is 1. The lowest BCUT2D eigenvalue weighted by molar-refractivity contribution is -0.117. The van der Waals surface area contributed by atoms with Crippen LogP contribution in [0.2, 0.25) is 0 Å². The molecule has 0 aliphatic rings. The minimum atomic E-state index is 0.153. The largest absolute Gasteiger partial charge is 0.361 e. The van der Waals surface area contributed by atoms with Crippen LogP contribution in [0.1, 0.15) is 36.3 Å². The molecule has 188 valence electrons. The minimum Gasteiger partial charge on any atom is -0.361 e. The highest BCUT2D eigenvalue weighted by molar-refractivity contribution is 5.84. The van der Waals surface area contributed by atoms with Crippen molar-refractivity contribution in [1.29, 1.82) is 0 Å². The fourth-order valence-electron chi connectivity index (χ4n) is 4.36. The Morgan fingerprint density at radius 2 is 1.35 bits per heavy atom. The molecule has 0 radical (unpaired) electrons. The van der Waals surface area contributed by atoms with Gasteiger partial charge in [-0.2, -0.15) is 0 Å². The van der Waals surface area contributed by atoms with Crippen molar-refractivity contribution in [3.05, 3.63) is 72.0 Å². The van der Waals surface area contributed by atoms with E-state index in [1.54, 1.807) is 19.6 Å². The first kappa shape index (κ1) is 24.1. The van der Waals surface area contributed by atoms with E-state index in [4.69, 9.17) is 14.8 Å². The lowest BCUT2D eigenvalue weighted by Gasteiger charge is -2.02. The molecule has 0 spiro atoms. The van der Waals surface area contributed by atoms with Gasteiger partial charge in [-0.05, 0) is 56.2 Å². The van der Waals surface area contributed by atoms with E-state index in [2.05, 4.69) is 30.2 Å². The third kappa shape index (κ3) is 4.91. The quantitative estimate of drug-likeness (QED) is 0.289. The normalized spacial score (nSPS) is 11.1. The van der Waals surface area contributed by atoms with Crippen LogP contribution in [0.25, 0.3) is 44.3 Å². The summed E-state index contributed by atoms with van der Waals surface area (Å²) in [4.78, 5) is 25.7. The number of hydrogen-bond acceptors (Lipinski definition) is 8. The fraction of sp³-hybridized carbons (Fsp3) is 0.222. The Kier molecular flexibility index (Phi) is 6.65. The van der Waals surface area contributed by atoms with Gasteiger partial charge in [0.15, 0.2) is 0 Å². The van der Waals surface area contributed by atoms with E-state index in [0.717, 1.165) is 67.2 Å². The number of imidazole rings is 2. The number of nitrogens with zero attached hydrogens (tertiary/aromatic N) is 4. The third-order valence-electron chi connectivity index (χ3n) is 6.19. The van der Waals surface area contributed by atoms with Crippen LogP contribution >= 0.6 is 0 Å². The number of aromatic amines is 2. The van der Waals surface area contributed by atoms with Gasteiger partial charge in [0.1, 0.15) is 23.0 Å². The lowest BCUT2D eigenvalue weighted by atomic mass is 10.0. The van der Waals surface area contributed by atoms with Crippen molar-refractivity contribution in [2.24, 2.45) is 5.73 Å². The first-order chi connectivity index (χ1) is 17.9. The van der Waals surface area contributed by atoms with E-state index >= 15 is 0 Å². The van der Waals surface area contributed by atoms with Crippen molar-refractivity contribution in [3.63, 3.8) is 0 Å². The summed E-state index contributed by atoms with van der Waals surface area (Å²) in [5.74, 6) is 1.70. The standard InChI is InChI=1S/C15H15N3O2.C12H12N4O/c1-9(19)3-5-13-15(10(2)20-18-13)11-4-6-12-14(7-11)17-8-16-12;1-7-12(11(5-13)16-17-7)8-2-3-9-10(4-8)15-6-14-9/h4,6-8H,3,5H2,1-2H3,(H,16,17);2-4,6H,5,13H2,1H3,(H,14,15). The molecular formula is C27H27N7O3. The molecule has 4 N–H and O–H groups in total. The Morgan fingerprint density at radius 1 is 0.838 bits per heavy atom. The molecule has 4 heterocycles. The Hall–Kier alpha value is -4.57. The summed E-state index contributed by atoms with van der Waals surface area (Å²) in [5, 5.41) is 8.03. The van der Waals surface area contributed by atoms with Gasteiger partial charge >= 0.3 is 0 Å². The first-order valence-electron chi connectivity index (χ1n) is 11.9. The molecule has 37 heavy (non-hydrogen) atoms. The molecular weight excluding hydrogens is 470 g/mol. The van der Waals surface area contributed by atoms with Gasteiger partial charge in [0.05, 0.1) is 40.4 Å². The molecule has 2 aromatic carbocycles. The van der Waals surface area contributed by atoms with Crippen molar-refractivity contribution < 1.29 is 13.8 Å². The molecule has 6 aromatic rings. The maximum atomic E-state index is 11.1. The number of benzene rings is 2.